The molecule has 0 radical (unpaired) electrons. The average Bonchev–Trinajstić information content (AvgIpc) is 2.46. The zero-order chi connectivity index (χ0) is 14.5. The Morgan fingerprint density at radius 3 is 2.65 bits per heavy atom. The molecular formula is C13H15N3O4. The summed E-state index contributed by atoms with van der Waals surface area (Å²) in [5.74, 6) is -0.335. The normalized spacial score (nSPS) is 18.2. The summed E-state index contributed by atoms with van der Waals surface area (Å²) in [7, 11) is 0. The van der Waals surface area contributed by atoms with Gasteiger partial charge in [-0.1, -0.05) is 12.1 Å². The highest BCUT2D eigenvalue weighted by atomic mass is 16.6. The summed E-state index contributed by atoms with van der Waals surface area (Å²) in [5.41, 5.74) is 0.818. The molecule has 2 N–H and O–H groups in total. The predicted octanol–water partition coefficient (Wildman–Crippen LogP) is 0.737. The van der Waals surface area contributed by atoms with Crippen LogP contribution in [0.5, 0.6) is 0 Å². The summed E-state index contributed by atoms with van der Waals surface area (Å²) in [6.45, 7) is 0.687. The number of carbonyl (C=O) groups excluding carboxylic acids is 2. The second-order valence-electron chi connectivity index (χ2n) is 4.68. The van der Waals surface area contributed by atoms with Gasteiger partial charge in [0.25, 0.3) is 5.69 Å². The second-order valence-corrected chi connectivity index (χ2v) is 4.68. The Hall–Kier alpha value is -2.44. The number of nitro benzene ring substituents is 1. The molecule has 1 heterocycles. The summed E-state index contributed by atoms with van der Waals surface area (Å²) in [6.07, 6.45) is 0.924. The lowest BCUT2D eigenvalue weighted by atomic mass is 9.98. The molecule has 2 rings (SSSR count). The van der Waals surface area contributed by atoms with Crippen LogP contribution >= 0.6 is 0 Å². The van der Waals surface area contributed by atoms with Gasteiger partial charge in [-0.05, 0) is 12.0 Å². The number of nitrogens with zero attached hydrogens (tertiary/aromatic N) is 1. The minimum atomic E-state index is -0.465. The van der Waals surface area contributed by atoms with Gasteiger partial charge < -0.3 is 10.6 Å². The molecule has 1 aromatic carbocycles. The highest BCUT2D eigenvalue weighted by molar-refractivity contribution is 5.83. The number of hydrogen-bond donors (Lipinski definition) is 2. The van der Waals surface area contributed by atoms with Crippen LogP contribution in [0, 0.1) is 16.0 Å². The third-order valence-electron chi connectivity index (χ3n) is 3.25. The number of hydrogen-bond acceptors (Lipinski definition) is 4. The number of piperidine rings is 1. The van der Waals surface area contributed by atoms with Crippen LogP contribution in [0.15, 0.2) is 24.3 Å². The molecular weight excluding hydrogens is 262 g/mol. The molecule has 1 saturated heterocycles. The number of benzene rings is 1. The Labute approximate surface area is 115 Å². The van der Waals surface area contributed by atoms with E-state index in [4.69, 9.17) is 0 Å². The van der Waals surface area contributed by atoms with E-state index in [-0.39, 0.29) is 23.4 Å². The number of nitrogens with one attached hydrogen (secondary N) is 2. The number of carbonyl (C=O) groups is 2. The Morgan fingerprint density at radius 1 is 1.40 bits per heavy atom. The van der Waals surface area contributed by atoms with Crippen molar-refractivity contribution >= 4 is 17.5 Å². The van der Waals surface area contributed by atoms with Gasteiger partial charge in [-0.2, -0.15) is 0 Å². The maximum Gasteiger partial charge on any atom is 0.269 e. The lowest BCUT2D eigenvalue weighted by Gasteiger charge is -2.21. The minimum Gasteiger partial charge on any atom is -0.355 e. The van der Waals surface area contributed by atoms with Gasteiger partial charge in [0, 0.05) is 31.6 Å². The van der Waals surface area contributed by atoms with Gasteiger partial charge in [0.05, 0.1) is 10.8 Å². The van der Waals surface area contributed by atoms with Crippen molar-refractivity contribution in [2.24, 2.45) is 5.92 Å². The Balaban J connectivity index is 1.84. The third-order valence-corrected chi connectivity index (χ3v) is 3.25. The average molecular weight is 277 g/mol. The molecule has 0 aromatic heterocycles. The third kappa shape index (κ3) is 3.53. The fourth-order valence-corrected chi connectivity index (χ4v) is 2.03. The van der Waals surface area contributed by atoms with Crippen LogP contribution in [0.2, 0.25) is 0 Å². The zero-order valence-electron chi connectivity index (χ0n) is 10.8. The molecule has 0 saturated carbocycles. The Bertz CT molecular complexity index is 517. The first-order valence-electron chi connectivity index (χ1n) is 6.34. The first-order valence-corrected chi connectivity index (χ1v) is 6.34. The summed E-state index contributed by atoms with van der Waals surface area (Å²) >= 11 is 0. The predicted molar refractivity (Wildman–Crippen MR) is 70.7 cm³/mol. The van der Waals surface area contributed by atoms with Crippen LogP contribution < -0.4 is 10.6 Å². The molecule has 0 bridgehead atoms. The fourth-order valence-electron chi connectivity index (χ4n) is 2.03. The number of amides is 2. The second kappa shape index (κ2) is 6.14. The van der Waals surface area contributed by atoms with E-state index in [1.165, 1.54) is 12.1 Å². The molecule has 2 amide bonds. The van der Waals surface area contributed by atoms with Crippen LogP contribution in [-0.2, 0) is 16.1 Å². The van der Waals surface area contributed by atoms with Gasteiger partial charge in [-0.15, -0.1) is 0 Å². The smallest absolute Gasteiger partial charge is 0.269 e. The molecule has 20 heavy (non-hydrogen) atoms. The van der Waals surface area contributed by atoms with E-state index in [1.54, 1.807) is 12.1 Å². The quantitative estimate of drug-likeness (QED) is 0.626. The molecule has 7 heteroatoms. The van der Waals surface area contributed by atoms with E-state index >= 15 is 0 Å². The van der Waals surface area contributed by atoms with Crippen molar-refractivity contribution in [3.8, 4) is 0 Å². The first-order chi connectivity index (χ1) is 9.56. The lowest BCUT2D eigenvalue weighted by Crippen LogP contribution is -2.42. The van der Waals surface area contributed by atoms with Crippen molar-refractivity contribution in [2.45, 2.75) is 19.4 Å². The van der Waals surface area contributed by atoms with E-state index in [1.807, 2.05) is 0 Å². The summed E-state index contributed by atoms with van der Waals surface area (Å²) in [5, 5.41) is 15.9. The number of nitro groups is 1. The van der Waals surface area contributed by atoms with Crippen LogP contribution in [-0.4, -0.2) is 23.3 Å². The van der Waals surface area contributed by atoms with Crippen molar-refractivity contribution in [3.63, 3.8) is 0 Å². The van der Waals surface area contributed by atoms with Crippen molar-refractivity contribution < 1.29 is 14.5 Å². The molecule has 0 spiro atoms. The van der Waals surface area contributed by atoms with Crippen molar-refractivity contribution in [2.75, 3.05) is 6.54 Å². The van der Waals surface area contributed by atoms with E-state index in [9.17, 15) is 19.7 Å². The van der Waals surface area contributed by atoms with Crippen LogP contribution in [0.1, 0.15) is 18.4 Å². The maximum absolute atomic E-state index is 11.9. The van der Waals surface area contributed by atoms with Gasteiger partial charge in [0.2, 0.25) is 11.8 Å². The molecule has 7 nitrogen and oxygen atoms in total. The molecule has 1 aliphatic heterocycles. The molecule has 1 atom stereocenters. The SMILES string of the molecule is O=C1CCC(C(=O)NCc2ccc([N+](=O)[O-])cc2)CN1. The molecule has 106 valence electrons. The topological polar surface area (TPSA) is 101 Å². The molecule has 1 unspecified atom stereocenters. The molecule has 1 aliphatic rings. The van der Waals surface area contributed by atoms with Crippen molar-refractivity contribution in [1.82, 2.24) is 10.6 Å². The van der Waals surface area contributed by atoms with E-state index in [0.717, 1.165) is 5.56 Å². The van der Waals surface area contributed by atoms with Crippen LogP contribution in [0.25, 0.3) is 0 Å². The minimum absolute atomic E-state index is 0.0232. The molecule has 1 fully saturated rings. The number of rotatable bonds is 4. The van der Waals surface area contributed by atoms with Crippen molar-refractivity contribution in [3.05, 3.63) is 39.9 Å². The summed E-state index contributed by atoms with van der Waals surface area (Å²) in [4.78, 5) is 32.9. The van der Waals surface area contributed by atoms with Crippen LogP contribution in [0.4, 0.5) is 5.69 Å². The standard InChI is InChI=1S/C13H15N3O4/c17-12-6-3-10(8-14-12)13(18)15-7-9-1-4-11(5-2-9)16(19)20/h1-2,4-5,10H,3,6-8H2,(H,14,17)(H,15,18). The van der Waals surface area contributed by atoms with E-state index < -0.39 is 4.92 Å². The highest BCUT2D eigenvalue weighted by Gasteiger charge is 2.23. The Kier molecular flexibility index (Phi) is 4.29. The maximum atomic E-state index is 11.9. The number of non-ortho nitro benzene ring substituents is 1. The molecule has 0 aliphatic carbocycles. The van der Waals surface area contributed by atoms with Gasteiger partial charge in [-0.25, -0.2) is 0 Å². The van der Waals surface area contributed by atoms with Crippen molar-refractivity contribution in [1.29, 1.82) is 0 Å². The lowest BCUT2D eigenvalue weighted by molar-refractivity contribution is -0.384. The zero-order valence-corrected chi connectivity index (χ0v) is 10.8. The van der Waals surface area contributed by atoms with E-state index in [2.05, 4.69) is 10.6 Å². The largest absolute Gasteiger partial charge is 0.355 e. The van der Waals surface area contributed by atoms with Crippen LogP contribution in [0.3, 0.4) is 0 Å². The van der Waals surface area contributed by atoms with Gasteiger partial charge >= 0.3 is 0 Å². The van der Waals surface area contributed by atoms with Gasteiger partial charge in [0.1, 0.15) is 0 Å². The monoisotopic (exact) mass is 277 g/mol. The fraction of sp³-hybridized carbons (Fsp3) is 0.385. The summed E-state index contributed by atoms with van der Waals surface area (Å²) < 4.78 is 0. The van der Waals surface area contributed by atoms with Gasteiger partial charge in [-0.3, -0.25) is 19.7 Å². The Morgan fingerprint density at radius 2 is 2.10 bits per heavy atom. The highest BCUT2D eigenvalue weighted by Crippen LogP contribution is 2.13. The molecule has 1 aromatic rings. The van der Waals surface area contributed by atoms with Gasteiger partial charge in [0.15, 0.2) is 0 Å². The summed E-state index contributed by atoms with van der Waals surface area (Å²) in [6, 6.07) is 6.03. The first kappa shape index (κ1) is 14.0. The van der Waals surface area contributed by atoms with E-state index in [0.29, 0.717) is 25.9 Å².